The Morgan fingerprint density at radius 2 is 1.66 bits per heavy atom. The third-order valence-electron chi connectivity index (χ3n) is 7.05. The average Bonchev–Trinajstić information content (AvgIpc) is 3.33. The molecule has 4 rings (SSSR count). The van der Waals surface area contributed by atoms with Gasteiger partial charge in [0.05, 0.1) is 12.0 Å². The van der Waals surface area contributed by atoms with Crippen LogP contribution in [0.4, 0.5) is 0 Å². The first-order valence-electron chi connectivity index (χ1n) is 11.4. The van der Waals surface area contributed by atoms with Crippen LogP contribution in [-0.4, -0.2) is 45.4 Å². The second-order valence-electron chi connectivity index (χ2n) is 8.90. The van der Waals surface area contributed by atoms with Crippen LogP contribution in [0.1, 0.15) is 44.1 Å². The summed E-state index contributed by atoms with van der Waals surface area (Å²) in [5, 5.41) is 3.21. The Morgan fingerprint density at radius 1 is 1.03 bits per heavy atom. The van der Waals surface area contributed by atoms with Crippen molar-refractivity contribution in [3.8, 4) is 5.75 Å². The minimum absolute atomic E-state index is 0.0305. The molecule has 0 radical (unpaired) electrons. The van der Waals surface area contributed by atoms with E-state index in [0.29, 0.717) is 37.4 Å². The van der Waals surface area contributed by atoms with Gasteiger partial charge >= 0.3 is 0 Å². The van der Waals surface area contributed by atoms with E-state index in [2.05, 4.69) is 11.4 Å². The van der Waals surface area contributed by atoms with Crippen molar-refractivity contribution in [2.24, 2.45) is 5.92 Å². The Kier molecular flexibility index (Phi) is 6.86. The molecule has 1 saturated carbocycles. The number of nitrogens with zero attached hydrogens (tertiary/aromatic N) is 1. The molecule has 1 aliphatic carbocycles. The number of methoxy groups -OCH3 is 1. The summed E-state index contributed by atoms with van der Waals surface area (Å²) >= 11 is 0. The third kappa shape index (κ3) is 4.55. The van der Waals surface area contributed by atoms with Gasteiger partial charge in [0, 0.05) is 36.5 Å². The van der Waals surface area contributed by atoms with E-state index in [1.807, 2.05) is 18.2 Å². The summed E-state index contributed by atoms with van der Waals surface area (Å²) in [5.41, 5.74) is 1.07. The quantitative estimate of drug-likeness (QED) is 0.689. The summed E-state index contributed by atoms with van der Waals surface area (Å²) in [5.74, 6) is 0.749. The molecule has 2 aliphatic rings. The maximum Gasteiger partial charge on any atom is 0.243 e. The molecule has 0 spiro atoms. The SMILES string of the molecule is COc1ccccc1C1(CNC(=O)C2CCN(S(=O)(=O)c3ccccc3)CC2)CCCC1. The molecule has 1 N–H and O–H groups in total. The van der Waals surface area contributed by atoms with Crippen molar-refractivity contribution in [2.45, 2.75) is 48.8 Å². The summed E-state index contributed by atoms with van der Waals surface area (Å²) in [6.07, 6.45) is 5.43. The highest BCUT2D eigenvalue weighted by molar-refractivity contribution is 7.89. The van der Waals surface area contributed by atoms with E-state index in [9.17, 15) is 13.2 Å². The fourth-order valence-corrected chi connectivity index (χ4v) is 6.67. The fraction of sp³-hybridized carbons (Fsp3) is 0.480. The molecule has 1 aliphatic heterocycles. The van der Waals surface area contributed by atoms with Crippen molar-refractivity contribution >= 4 is 15.9 Å². The predicted octanol–water partition coefficient (Wildman–Crippen LogP) is 3.72. The molecule has 172 valence electrons. The zero-order chi connectivity index (χ0) is 22.6. The number of hydrogen-bond donors (Lipinski definition) is 1. The molecular weight excluding hydrogens is 424 g/mol. The van der Waals surface area contributed by atoms with Gasteiger partial charge in [-0.2, -0.15) is 4.31 Å². The molecule has 0 bridgehead atoms. The summed E-state index contributed by atoms with van der Waals surface area (Å²) in [7, 11) is -1.81. The molecule has 2 fully saturated rings. The number of piperidine rings is 1. The second kappa shape index (κ2) is 9.63. The topological polar surface area (TPSA) is 75.7 Å². The molecule has 0 unspecified atom stereocenters. The van der Waals surface area contributed by atoms with E-state index in [1.54, 1.807) is 37.4 Å². The molecule has 0 atom stereocenters. The van der Waals surface area contributed by atoms with E-state index >= 15 is 0 Å². The van der Waals surface area contributed by atoms with Crippen LogP contribution in [0.5, 0.6) is 5.75 Å². The fourth-order valence-electron chi connectivity index (χ4n) is 5.18. The number of hydrogen-bond acceptors (Lipinski definition) is 4. The first-order chi connectivity index (χ1) is 15.5. The van der Waals surface area contributed by atoms with Gasteiger partial charge in [-0.25, -0.2) is 8.42 Å². The number of nitrogens with one attached hydrogen (secondary N) is 1. The molecule has 7 heteroatoms. The van der Waals surface area contributed by atoms with Crippen LogP contribution in [0.2, 0.25) is 0 Å². The normalized spacial score (nSPS) is 19.5. The largest absolute Gasteiger partial charge is 0.496 e. The van der Waals surface area contributed by atoms with E-state index in [4.69, 9.17) is 4.74 Å². The van der Waals surface area contributed by atoms with Gasteiger partial charge < -0.3 is 10.1 Å². The molecular formula is C25H32N2O4S. The van der Waals surface area contributed by atoms with Gasteiger partial charge in [0.15, 0.2) is 0 Å². The minimum Gasteiger partial charge on any atom is -0.496 e. The average molecular weight is 457 g/mol. The summed E-state index contributed by atoms with van der Waals surface area (Å²) < 4.78 is 32.8. The smallest absolute Gasteiger partial charge is 0.243 e. The lowest BCUT2D eigenvalue weighted by Crippen LogP contribution is -2.46. The molecule has 6 nitrogen and oxygen atoms in total. The van der Waals surface area contributed by atoms with Gasteiger partial charge in [-0.3, -0.25) is 4.79 Å². The standard InChI is InChI=1S/C25H32N2O4S/c1-31-23-12-6-5-11-22(23)25(15-7-8-16-25)19-26-24(28)20-13-17-27(18-14-20)32(29,30)21-9-3-2-4-10-21/h2-6,9-12,20H,7-8,13-19H2,1H3,(H,26,28). The zero-order valence-corrected chi connectivity index (χ0v) is 19.4. The number of para-hydroxylation sites is 1. The van der Waals surface area contributed by atoms with Gasteiger partial charge in [0.1, 0.15) is 5.75 Å². The summed E-state index contributed by atoms with van der Waals surface area (Å²) in [6, 6.07) is 16.6. The predicted molar refractivity (Wildman–Crippen MR) is 124 cm³/mol. The lowest BCUT2D eigenvalue weighted by atomic mass is 9.78. The highest BCUT2D eigenvalue weighted by Crippen LogP contribution is 2.44. The van der Waals surface area contributed by atoms with Crippen molar-refractivity contribution in [1.29, 1.82) is 0 Å². The lowest BCUT2D eigenvalue weighted by molar-refractivity contribution is -0.126. The Hall–Kier alpha value is -2.38. The number of sulfonamides is 1. The number of carbonyl (C=O) groups excluding carboxylic acids is 1. The first kappa shape index (κ1) is 22.8. The lowest BCUT2D eigenvalue weighted by Gasteiger charge is -2.34. The maximum atomic E-state index is 13.0. The Bertz CT molecular complexity index is 1020. The van der Waals surface area contributed by atoms with Gasteiger partial charge in [0.25, 0.3) is 0 Å². The summed E-state index contributed by atoms with van der Waals surface area (Å²) in [6.45, 7) is 1.33. The van der Waals surface area contributed by atoms with Crippen LogP contribution < -0.4 is 10.1 Å². The van der Waals surface area contributed by atoms with Gasteiger partial charge in [0.2, 0.25) is 15.9 Å². The molecule has 32 heavy (non-hydrogen) atoms. The van der Waals surface area contributed by atoms with Crippen LogP contribution in [0.25, 0.3) is 0 Å². The highest BCUT2D eigenvalue weighted by atomic mass is 32.2. The van der Waals surface area contributed by atoms with E-state index < -0.39 is 10.0 Å². The highest BCUT2D eigenvalue weighted by Gasteiger charge is 2.39. The van der Waals surface area contributed by atoms with Crippen molar-refractivity contribution < 1.29 is 17.9 Å². The Morgan fingerprint density at radius 3 is 2.31 bits per heavy atom. The van der Waals surface area contributed by atoms with Crippen LogP contribution in [0.3, 0.4) is 0 Å². The minimum atomic E-state index is -3.50. The number of carbonyl (C=O) groups is 1. The van der Waals surface area contributed by atoms with Crippen molar-refractivity contribution in [2.75, 3.05) is 26.7 Å². The number of benzene rings is 2. The molecule has 1 heterocycles. The van der Waals surface area contributed by atoms with E-state index in [0.717, 1.165) is 31.4 Å². The van der Waals surface area contributed by atoms with E-state index in [1.165, 1.54) is 9.87 Å². The van der Waals surface area contributed by atoms with Gasteiger partial charge in [-0.15, -0.1) is 0 Å². The van der Waals surface area contributed by atoms with Crippen LogP contribution in [0, 0.1) is 5.92 Å². The molecule has 1 saturated heterocycles. The second-order valence-corrected chi connectivity index (χ2v) is 10.8. The van der Waals surface area contributed by atoms with Crippen molar-refractivity contribution in [3.63, 3.8) is 0 Å². The number of amides is 1. The van der Waals surface area contributed by atoms with Crippen molar-refractivity contribution in [1.82, 2.24) is 9.62 Å². The zero-order valence-electron chi connectivity index (χ0n) is 18.6. The number of ether oxygens (including phenoxy) is 1. The monoisotopic (exact) mass is 456 g/mol. The number of rotatable bonds is 7. The van der Waals surface area contributed by atoms with Crippen LogP contribution in [-0.2, 0) is 20.2 Å². The molecule has 0 aromatic heterocycles. The molecule has 2 aromatic carbocycles. The molecule has 2 aromatic rings. The summed E-state index contributed by atoms with van der Waals surface area (Å²) in [4.78, 5) is 13.3. The van der Waals surface area contributed by atoms with Crippen LogP contribution in [0.15, 0.2) is 59.5 Å². The van der Waals surface area contributed by atoms with Gasteiger partial charge in [-0.05, 0) is 43.9 Å². The van der Waals surface area contributed by atoms with Gasteiger partial charge in [-0.1, -0.05) is 49.2 Å². The van der Waals surface area contributed by atoms with Crippen LogP contribution >= 0.6 is 0 Å². The molecule has 1 amide bonds. The maximum absolute atomic E-state index is 13.0. The Balaban J connectivity index is 1.38. The Labute approximate surface area is 191 Å². The third-order valence-corrected chi connectivity index (χ3v) is 8.96. The van der Waals surface area contributed by atoms with Crippen molar-refractivity contribution in [3.05, 3.63) is 60.2 Å². The van der Waals surface area contributed by atoms with E-state index in [-0.39, 0.29) is 17.2 Å². The first-order valence-corrected chi connectivity index (χ1v) is 12.9.